The van der Waals surface area contributed by atoms with Crippen molar-refractivity contribution in [3.8, 4) is 11.8 Å². The molecule has 0 N–H and O–H groups in total. The summed E-state index contributed by atoms with van der Waals surface area (Å²) in [5.41, 5.74) is 3.07. The quantitative estimate of drug-likeness (QED) is 0.593. The topological polar surface area (TPSA) is 33.0 Å². The Kier molecular flexibility index (Phi) is 4.16. The lowest BCUT2D eigenvalue weighted by molar-refractivity contribution is -0.0974. The molecule has 1 aliphatic heterocycles. The van der Waals surface area contributed by atoms with Gasteiger partial charge < -0.3 is 4.74 Å². The molecule has 4 unspecified atom stereocenters. The highest BCUT2D eigenvalue weighted by molar-refractivity contribution is 7.99. The highest BCUT2D eigenvalue weighted by Crippen LogP contribution is 2.67. The summed E-state index contributed by atoms with van der Waals surface area (Å²) in [6, 6.07) is 6.60. The van der Waals surface area contributed by atoms with Gasteiger partial charge in [0.2, 0.25) is 0 Å². The molecule has 1 aromatic rings. The molecule has 2 aliphatic carbocycles. The Balaban J connectivity index is 1.85. The van der Waals surface area contributed by atoms with Gasteiger partial charge in [-0.3, -0.25) is 0 Å². The van der Waals surface area contributed by atoms with Crippen LogP contribution in [0, 0.1) is 34.0 Å². The third-order valence-electron chi connectivity index (χ3n) is 8.20. The van der Waals surface area contributed by atoms with Crippen molar-refractivity contribution in [1.29, 1.82) is 5.26 Å². The van der Waals surface area contributed by atoms with Crippen molar-refractivity contribution in [3.63, 3.8) is 0 Å². The van der Waals surface area contributed by atoms with Crippen molar-refractivity contribution in [3.05, 3.63) is 23.3 Å². The van der Waals surface area contributed by atoms with Gasteiger partial charge in [-0.25, -0.2) is 0 Å². The molecular formula is C23H31NOS. The Morgan fingerprint density at radius 2 is 1.88 bits per heavy atom. The summed E-state index contributed by atoms with van der Waals surface area (Å²) in [7, 11) is 1.69. The molecule has 0 aromatic heterocycles. The summed E-state index contributed by atoms with van der Waals surface area (Å²) in [4.78, 5) is 1.27. The lowest BCUT2D eigenvalue weighted by Crippen LogP contribution is -2.58. The van der Waals surface area contributed by atoms with E-state index in [-0.39, 0.29) is 5.41 Å². The number of methoxy groups -OCH3 is 1. The van der Waals surface area contributed by atoms with E-state index in [2.05, 4.69) is 39.8 Å². The summed E-state index contributed by atoms with van der Waals surface area (Å²) in [6.07, 6.45) is 6.54. The fourth-order valence-electron chi connectivity index (χ4n) is 7.00. The summed E-state index contributed by atoms with van der Waals surface area (Å²) in [6.45, 7) is 10.0. The van der Waals surface area contributed by atoms with Gasteiger partial charge in [-0.05, 0) is 71.5 Å². The predicted molar refractivity (Wildman–Crippen MR) is 108 cm³/mol. The molecule has 0 spiro atoms. The minimum absolute atomic E-state index is 0.108. The average molecular weight is 370 g/mol. The van der Waals surface area contributed by atoms with Crippen LogP contribution in [0.3, 0.4) is 0 Å². The number of ether oxygens (including phenoxy) is 1. The van der Waals surface area contributed by atoms with Crippen LogP contribution in [0.25, 0.3) is 0 Å². The number of hydrogen-bond acceptors (Lipinski definition) is 3. The normalized spacial score (nSPS) is 37.7. The average Bonchev–Trinajstić information content (AvgIpc) is 2.59. The highest BCUT2D eigenvalue weighted by Gasteiger charge is 2.60. The molecule has 26 heavy (non-hydrogen) atoms. The van der Waals surface area contributed by atoms with E-state index < -0.39 is 0 Å². The van der Waals surface area contributed by atoms with Crippen LogP contribution in [-0.2, 0) is 5.41 Å². The fourth-order valence-corrected chi connectivity index (χ4v) is 8.78. The first-order valence-electron chi connectivity index (χ1n) is 10.0. The van der Waals surface area contributed by atoms with Crippen molar-refractivity contribution in [2.24, 2.45) is 22.7 Å². The van der Waals surface area contributed by atoms with Gasteiger partial charge in [0.25, 0.3) is 0 Å². The van der Waals surface area contributed by atoms with E-state index in [9.17, 15) is 5.26 Å². The Morgan fingerprint density at radius 3 is 2.58 bits per heavy atom. The maximum Gasteiger partial charge on any atom is 0.121 e. The Bertz CT molecular complexity index is 779. The molecule has 2 saturated carbocycles. The Morgan fingerprint density at radius 1 is 1.12 bits per heavy atom. The first-order chi connectivity index (χ1) is 12.3. The molecule has 0 radical (unpaired) electrons. The zero-order chi connectivity index (χ0) is 18.7. The number of nitriles is 1. The van der Waals surface area contributed by atoms with Crippen LogP contribution < -0.4 is 4.74 Å². The first-order valence-corrected chi connectivity index (χ1v) is 11.0. The molecule has 2 fully saturated rings. The fraction of sp³-hybridized carbons (Fsp3) is 0.696. The Labute approximate surface area is 162 Å². The van der Waals surface area contributed by atoms with Gasteiger partial charge in [-0.15, -0.1) is 11.8 Å². The largest absolute Gasteiger partial charge is 0.497 e. The van der Waals surface area contributed by atoms with Crippen molar-refractivity contribution >= 4 is 11.8 Å². The molecular weight excluding hydrogens is 338 g/mol. The standard InChI is InChI=1S/C23H31NOS/c1-21(2)8-6-9-22(3)18(21)7-10-23(4)19(22)14-26-17-12-16(25-5)11-15(13-24)20(17)23/h11-12,18-19H,6-10,14H2,1-5H3. The predicted octanol–water partition coefficient (Wildman–Crippen LogP) is 6.17. The van der Waals surface area contributed by atoms with Gasteiger partial charge in [0, 0.05) is 10.6 Å². The second-order valence-corrected chi connectivity index (χ2v) is 10.9. The number of thioether (sulfide) groups is 1. The summed E-state index contributed by atoms with van der Waals surface area (Å²) in [5.74, 6) is 3.43. The molecule has 0 amide bonds. The van der Waals surface area contributed by atoms with Crippen LogP contribution in [0.2, 0.25) is 0 Å². The lowest BCUT2D eigenvalue weighted by atomic mass is 9.42. The van der Waals surface area contributed by atoms with E-state index in [1.54, 1.807) is 7.11 Å². The lowest BCUT2D eigenvalue weighted by Gasteiger charge is -2.64. The van der Waals surface area contributed by atoms with E-state index in [0.717, 1.165) is 17.2 Å². The molecule has 0 saturated heterocycles. The molecule has 4 rings (SSSR count). The van der Waals surface area contributed by atoms with Crippen molar-refractivity contribution in [2.45, 2.75) is 70.1 Å². The smallest absolute Gasteiger partial charge is 0.121 e. The number of nitrogens with zero attached hydrogens (tertiary/aromatic N) is 1. The van der Waals surface area contributed by atoms with Gasteiger partial charge in [-0.2, -0.15) is 5.26 Å². The molecule has 1 aromatic carbocycles. The van der Waals surface area contributed by atoms with E-state index in [0.29, 0.717) is 16.7 Å². The third-order valence-corrected chi connectivity index (χ3v) is 9.33. The van der Waals surface area contributed by atoms with Gasteiger partial charge in [0.1, 0.15) is 5.75 Å². The van der Waals surface area contributed by atoms with Crippen LogP contribution in [0.15, 0.2) is 17.0 Å². The summed E-state index contributed by atoms with van der Waals surface area (Å²) >= 11 is 1.96. The molecule has 140 valence electrons. The Hall–Kier alpha value is -1.14. The maximum atomic E-state index is 9.88. The van der Waals surface area contributed by atoms with Crippen LogP contribution in [0.1, 0.15) is 70.9 Å². The van der Waals surface area contributed by atoms with E-state index >= 15 is 0 Å². The maximum absolute atomic E-state index is 9.88. The number of benzene rings is 1. The van der Waals surface area contributed by atoms with Crippen molar-refractivity contribution in [2.75, 3.05) is 12.9 Å². The van der Waals surface area contributed by atoms with Gasteiger partial charge >= 0.3 is 0 Å². The van der Waals surface area contributed by atoms with Gasteiger partial charge in [0.15, 0.2) is 0 Å². The molecule has 1 heterocycles. The van der Waals surface area contributed by atoms with Crippen LogP contribution >= 0.6 is 11.8 Å². The van der Waals surface area contributed by atoms with E-state index in [1.165, 1.54) is 48.3 Å². The molecule has 4 atom stereocenters. The molecule has 2 nitrogen and oxygen atoms in total. The third kappa shape index (κ3) is 2.37. The van der Waals surface area contributed by atoms with E-state index in [4.69, 9.17) is 4.74 Å². The van der Waals surface area contributed by atoms with Crippen molar-refractivity contribution in [1.82, 2.24) is 0 Å². The number of rotatable bonds is 1. The minimum Gasteiger partial charge on any atom is -0.497 e. The summed E-state index contributed by atoms with van der Waals surface area (Å²) in [5, 5.41) is 9.88. The second kappa shape index (κ2) is 5.93. The van der Waals surface area contributed by atoms with Crippen LogP contribution in [0.4, 0.5) is 0 Å². The van der Waals surface area contributed by atoms with Gasteiger partial charge in [0.05, 0.1) is 18.7 Å². The second-order valence-electron chi connectivity index (χ2n) is 9.88. The zero-order valence-corrected chi connectivity index (χ0v) is 17.6. The minimum atomic E-state index is 0.108. The molecule has 3 heteroatoms. The molecule has 3 aliphatic rings. The number of fused-ring (bicyclic) bond motifs is 5. The SMILES string of the molecule is COc1cc(C#N)c2c(c1)SCC1C2(C)CCC2C(C)(C)CCCC21C. The zero-order valence-electron chi connectivity index (χ0n) is 16.8. The van der Waals surface area contributed by atoms with E-state index in [1.807, 2.05) is 17.8 Å². The van der Waals surface area contributed by atoms with Crippen LogP contribution in [-0.4, -0.2) is 12.9 Å². The summed E-state index contributed by atoms with van der Waals surface area (Å²) < 4.78 is 5.46. The molecule has 0 bridgehead atoms. The monoisotopic (exact) mass is 369 g/mol. The van der Waals surface area contributed by atoms with Gasteiger partial charge in [-0.1, -0.05) is 34.1 Å². The number of hydrogen-bond donors (Lipinski definition) is 0. The first kappa shape index (κ1) is 18.2. The van der Waals surface area contributed by atoms with Crippen LogP contribution in [0.5, 0.6) is 5.75 Å². The highest BCUT2D eigenvalue weighted by atomic mass is 32.2. The van der Waals surface area contributed by atoms with Crippen molar-refractivity contribution < 1.29 is 4.74 Å².